The van der Waals surface area contributed by atoms with Gasteiger partial charge in [-0.2, -0.15) is 0 Å². The van der Waals surface area contributed by atoms with Crippen LogP contribution in [0.3, 0.4) is 0 Å². The summed E-state index contributed by atoms with van der Waals surface area (Å²) in [4.78, 5) is 27.8. The fraction of sp³-hybridized carbons (Fsp3) is 0.515. The predicted molar refractivity (Wildman–Crippen MR) is 160 cm³/mol. The quantitative estimate of drug-likeness (QED) is 0.0875. The number of hydrogen-bond acceptors (Lipinski definition) is 3. The highest BCUT2D eigenvalue weighted by Crippen LogP contribution is 2.39. The van der Waals surface area contributed by atoms with Gasteiger partial charge in [-0.1, -0.05) is 149 Å². The largest absolute Gasteiger partial charge is 0.507 e. The van der Waals surface area contributed by atoms with Crippen molar-refractivity contribution in [3.63, 3.8) is 0 Å². The van der Waals surface area contributed by atoms with Crippen molar-refractivity contribution in [3.8, 4) is 0 Å². The maximum atomic E-state index is 13.1. The van der Waals surface area contributed by atoms with E-state index in [4.69, 9.17) is 0 Å². The number of aliphatic hydroxyl groups excluding tert-OH is 1. The van der Waals surface area contributed by atoms with Crippen LogP contribution in [0.15, 0.2) is 64.6 Å². The van der Waals surface area contributed by atoms with Crippen molar-refractivity contribution < 1.29 is 14.7 Å². The number of hydrogen-bond donors (Lipinski definition) is 1. The number of carbonyl (C=O) groups excluding carboxylic acids is 2. The van der Waals surface area contributed by atoms with E-state index in [1.807, 2.05) is 42.5 Å². The molecule has 0 unspecified atom stereocenters. The monoisotopic (exact) mass is 581 g/mol. The second-order valence-corrected chi connectivity index (χ2v) is 11.4. The number of benzene rings is 2. The van der Waals surface area contributed by atoms with Gasteiger partial charge in [-0.15, -0.1) is 0 Å². The van der Waals surface area contributed by atoms with Gasteiger partial charge in [0.25, 0.3) is 11.7 Å². The number of unbranched alkanes of at least 4 members (excludes halogenated alkanes) is 13. The van der Waals surface area contributed by atoms with Crippen LogP contribution in [0.4, 0.5) is 0 Å². The summed E-state index contributed by atoms with van der Waals surface area (Å²) in [6.45, 7) is 2.78. The first kappa shape index (κ1) is 30.1. The van der Waals surface area contributed by atoms with Crippen LogP contribution in [-0.2, 0) is 9.59 Å². The minimum atomic E-state index is -0.607. The van der Waals surface area contributed by atoms with E-state index in [9.17, 15) is 14.7 Å². The third-order valence-electron chi connectivity index (χ3n) is 7.53. The topological polar surface area (TPSA) is 57.6 Å². The molecule has 0 aromatic heterocycles. The van der Waals surface area contributed by atoms with E-state index >= 15 is 0 Å². The molecule has 4 nitrogen and oxygen atoms in total. The molecule has 1 aliphatic rings. The fourth-order valence-corrected chi connectivity index (χ4v) is 5.60. The van der Waals surface area contributed by atoms with E-state index in [0.717, 1.165) is 29.3 Å². The average Bonchev–Trinajstić information content (AvgIpc) is 3.18. The van der Waals surface area contributed by atoms with E-state index in [1.165, 1.54) is 70.6 Å². The standard InChI is InChI=1S/C33H44BrNO3/c1-2-3-4-5-6-7-8-9-10-11-12-13-14-18-25-35-30(26-19-16-15-17-20-26)29(32(37)33(35)38)31(36)27-21-23-28(34)24-22-27/h15-17,19-24,30,36H,2-14,18,25H2,1H3/t30-/m0/s1. The fourth-order valence-electron chi connectivity index (χ4n) is 5.33. The lowest BCUT2D eigenvalue weighted by molar-refractivity contribution is -0.139. The molecule has 0 bridgehead atoms. The van der Waals surface area contributed by atoms with E-state index in [-0.39, 0.29) is 11.3 Å². The zero-order valence-corrected chi connectivity index (χ0v) is 24.6. The second-order valence-electron chi connectivity index (χ2n) is 10.5. The highest BCUT2D eigenvalue weighted by molar-refractivity contribution is 9.10. The lowest BCUT2D eigenvalue weighted by Crippen LogP contribution is -2.30. The number of likely N-dealkylation sites (tertiary alicyclic amines) is 1. The van der Waals surface area contributed by atoms with Crippen molar-refractivity contribution in [2.24, 2.45) is 0 Å². The van der Waals surface area contributed by atoms with Gasteiger partial charge in [0.15, 0.2) is 0 Å². The smallest absolute Gasteiger partial charge is 0.295 e. The number of aliphatic hydroxyl groups is 1. The number of rotatable bonds is 17. The summed E-state index contributed by atoms with van der Waals surface area (Å²) in [6, 6.07) is 16.1. The van der Waals surface area contributed by atoms with Crippen LogP contribution in [0.5, 0.6) is 0 Å². The zero-order chi connectivity index (χ0) is 27.2. The normalized spacial score (nSPS) is 16.9. The summed E-state index contributed by atoms with van der Waals surface area (Å²) in [6.07, 6.45) is 17.8. The number of nitrogens with zero attached hydrogens (tertiary/aromatic N) is 1. The van der Waals surface area contributed by atoms with Crippen LogP contribution in [-0.4, -0.2) is 28.2 Å². The van der Waals surface area contributed by atoms with Gasteiger partial charge in [0.05, 0.1) is 11.6 Å². The van der Waals surface area contributed by atoms with Crippen molar-refractivity contribution in [2.75, 3.05) is 6.54 Å². The maximum absolute atomic E-state index is 13.1. The van der Waals surface area contributed by atoms with Crippen LogP contribution in [0, 0.1) is 0 Å². The zero-order valence-electron chi connectivity index (χ0n) is 23.0. The molecule has 0 saturated carbocycles. The van der Waals surface area contributed by atoms with Gasteiger partial charge >= 0.3 is 0 Å². The van der Waals surface area contributed by atoms with Gasteiger partial charge in [-0.25, -0.2) is 0 Å². The number of halogens is 1. The number of Topliss-reactive ketones (excluding diaryl/α,β-unsaturated/α-hetero) is 1. The highest BCUT2D eigenvalue weighted by atomic mass is 79.9. The van der Waals surface area contributed by atoms with Crippen molar-refractivity contribution >= 4 is 33.4 Å². The second kappa shape index (κ2) is 16.5. The third-order valence-corrected chi connectivity index (χ3v) is 8.05. The third kappa shape index (κ3) is 8.83. The Morgan fingerprint density at radius 2 is 1.24 bits per heavy atom. The van der Waals surface area contributed by atoms with Gasteiger partial charge in [0, 0.05) is 16.6 Å². The molecule has 3 rings (SSSR count). The summed E-state index contributed by atoms with van der Waals surface area (Å²) < 4.78 is 0.881. The lowest BCUT2D eigenvalue weighted by Gasteiger charge is -2.25. The van der Waals surface area contributed by atoms with Crippen LogP contribution in [0.1, 0.15) is 114 Å². The molecule has 1 saturated heterocycles. The van der Waals surface area contributed by atoms with E-state index in [1.54, 1.807) is 17.0 Å². The summed E-state index contributed by atoms with van der Waals surface area (Å²) >= 11 is 3.40. The van der Waals surface area contributed by atoms with Crippen LogP contribution in [0.25, 0.3) is 5.76 Å². The predicted octanol–water partition coefficient (Wildman–Crippen LogP) is 9.35. The van der Waals surface area contributed by atoms with Crippen molar-refractivity contribution in [2.45, 2.75) is 103 Å². The minimum Gasteiger partial charge on any atom is -0.507 e. The average molecular weight is 583 g/mol. The molecule has 38 heavy (non-hydrogen) atoms. The van der Waals surface area contributed by atoms with Crippen molar-refractivity contribution in [1.29, 1.82) is 0 Å². The molecular formula is C33H44BrNO3. The number of amides is 1. The Hall–Kier alpha value is -2.40. The van der Waals surface area contributed by atoms with Crippen LogP contribution < -0.4 is 0 Å². The Labute approximate surface area is 237 Å². The minimum absolute atomic E-state index is 0.117. The Bertz CT molecular complexity index is 1030. The van der Waals surface area contributed by atoms with Gasteiger partial charge in [-0.05, 0) is 24.1 Å². The summed E-state index contributed by atoms with van der Waals surface area (Å²) in [5, 5.41) is 11.1. The molecule has 2 aromatic carbocycles. The van der Waals surface area contributed by atoms with Crippen LogP contribution >= 0.6 is 15.9 Å². The first-order chi connectivity index (χ1) is 18.5. The number of carbonyl (C=O) groups is 2. The lowest BCUT2D eigenvalue weighted by atomic mass is 9.95. The van der Waals surface area contributed by atoms with Gasteiger partial charge in [0.2, 0.25) is 0 Å². The molecular weight excluding hydrogens is 538 g/mol. The molecule has 1 atom stereocenters. The molecule has 0 radical (unpaired) electrons. The van der Waals surface area contributed by atoms with Gasteiger partial charge < -0.3 is 10.0 Å². The van der Waals surface area contributed by atoms with E-state index < -0.39 is 17.7 Å². The van der Waals surface area contributed by atoms with E-state index in [0.29, 0.717) is 12.1 Å². The Morgan fingerprint density at radius 1 is 0.737 bits per heavy atom. The molecule has 206 valence electrons. The Kier molecular flexibility index (Phi) is 13.1. The molecule has 1 aliphatic heterocycles. The molecule has 0 aliphatic carbocycles. The van der Waals surface area contributed by atoms with E-state index in [2.05, 4.69) is 22.9 Å². The van der Waals surface area contributed by atoms with Crippen molar-refractivity contribution in [1.82, 2.24) is 4.90 Å². The van der Waals surface area contributed by atoms with Crippen molar-refractivity contribution in [3.05, 3.63) is 75.8 Å². The summed E-state index contributed by atoms with van der Waals surface area (Å²) in [5.74, 6) is -1.25. The molecule has 5 heteroatoms. The van der Waals surface area contributed by atoms with Crippen LogP contribution in [0.2, 0.25) is 0 Å². The molecule has 0 spiro atoms. The molecule has 2 aromatic rings. The number of ketones is 1. The maximum Gasteiger partial charge on any atom is 0.295 e. The molecule has 1 fully saturated rings. The SMILES string of the molecule is CCCCCCCCCCCCCCCCN1C(=O)C(=O)C(=C(O)c2ccc(Br)cc2)[C@@H]1c1ccccc1. The summed E-state index contributed by atoms with van der Waals surface area (Å²) in [7, 11) is 0. The first-order valence-corrected chi connectivity index (χ1v) is 15.4. The molecule has 1 heterocycles. The molecule has 1 amide bonds. The molecule has 1 N–H and O–H groups in total. The first-order valence-electron chi connectivity index (χ1n) is 14.6. The Morgan fingerprint density at radius 3 is 1.76 bits per heavy atom. The Balaban J connectivity index is 1.49. The highest BCUT2D eigenvalue weighted by Gasteiger charge is 2.45. The van der Waals surface area contributed by atoms with Gasteiger partial charge in [-0.3, -0.25) is 9.59 Å². The van der Waals surface area contributed by atoms with Gasteiger partial charge in [0.1, 0.15) is 5.76 Å². The summed E-state index contributed by atoms with van der Waals surface area (Å²) in [5.41, 5.74) is 1.55.